The fraction of sp³-hybridized carbons (Fsp3) is 0. The van der Waals surface area contributed by atoms with Crippen LogP contribution < -0.4 is 0 Å². The van der Waals surface area contributed by atoms with Gasteiger partial charge in [0.1, 0.15) is 0 Å². The molecule has 0 fully saturated rings. The Kier molecular flexibility index (Phi) is 2.73. The van der Waals surface area contributed by atoms with Gasteiger partial charge in [-0.1, -0.05) is 18.2 Å². The molecule has 0 saturated heterocycles. The van der Waals surface area contributed by atoms with Gasteiger partial charge in [-0.3, -0.25) is 9.55 Å². The summed E-state index contributed by atoms with van der Waals surface area (Å²) >= 11 is 1.82. The molecule has 5 heteroatoms. The molecule has 0 aliphatic heterocycles. The largest absolute Gasteiger partial charge is 0.276 e. The second kappa shape index (κ2) is 5.09. The predicted molar refractivity (Wildman–Crippen MR) is 107 cm³/mol. The Hall–Kier alpha value is -3.31. The van der Waals surface area contributed by atoms with E-state index >= 15 is 0 Å². The third-order valence-corrected chi connectivity index (χ3v) is 5.90. The molecule has 0 aliphatic carbocycles. The molecule has 0 aliphatic rings. The minimum absolute atomic E-state index is 0.668. The third-order valence-electron chi connectivity index (χ3n) is 4.77. The first-order valence-electron chi connectivity index (χ1n) is 8.38. The predicted octanol–water partition coefficient (Wildman–Crippen LogP) is 5.34. The van der Waals surface area contributed by atoms with Gasteiger partial charge in [0.2, 0.25) is 5.95 Å². The zero-order valence-corrected chi connectivity index (χ0v) is 14.4. The molecule has 0 bridgehead atoms. The van der Waals surface area contributed by atoms with E-state index in [4.69, 9.17) is 0 Å². The van der Waals surface area contributed by atoms with E-state index in [1.165, 1.54) is 20.2 Å². The standard InChI is InChI=1S/C21H12N4S/c1-2-7-18-13(5-1)14-11-15-17(12-19(14)26-18)25(21-23-9-4-10-24-21)16-6-3-8-22-20(15)16/h1-12H. The Morgan fingerprint density at radius 3 is 2.42 bits per heavy atom. The molecule has 4 heterocycles. The normalized spacial score (nSPS) is 11.8. The molecule has 0 amide bonds. The molecule has 0 unspecified atom stereocenters. The maximum atomic E-state index is 4.65. The van der Waals surface area contributed by atoms with E-state index in [-0.39, 0.29) is 0 Å². The van der Waals surface area contributed by atoms with Crippen molar-refractivity contribution < 1.29 is 0 Å². The fourth-order valence-electron chi connectivity index (χ4n) is 3.67. The average Bonchev–Trinajstić information content (AvgIpc) is 3.22. The molecular formula is C21H12N4S. The molecule has 4 nitrogen and oxygen atoms in total. The van der Waals surface area contributed by atoms with Crippen molar-refractivity contribution in [1.29, 1.82) is 0 Å². The van der Waals surface area contributed by atoms with Gasteiger partial charge in [0.05, 0.1) is 16.6 Å². The summed E-state index contributed by atoms with van der Waals surface area (Å²) in [5.41, 5.74) is 3.09. The summed E-state index contributed by atoms with van der Waals surface area (Å²) in [4.78, 5) is 13.6. The van der Waals surface area contributed by atoms with Gasteiger partial charge in [0, 0.05) is 44.1 Å². The van der Waals surface area contributed by atoms with E-state index in [0.29, 0.717) is 5.95 Å². The highest BCUT2D eigenvalue weighted by atomic mass is 32.1. The number of pyridine rings is 1. The zero-order chi connectivity index (χ0) is 17.1. The summed E-state index contributed by atoms with van der Waals surface area (Å²) in [7, 11) is 0. The van der Waals surface area contributed by atoms with Gasteiger partial charge in [-0.2, -0.15) is 0 Å². The Balaban J connectivity index is 1.85. The van der Waals surface area contributed by atoms with Crippen LogP contribution in [0.2, 0.25) is 0 Å². The van der Waals surface area contributed by atoms with E-state index in [2.05, 4.69) is 62.0 Å². The highest BCUT2D eigenvalue weighted by Gasteiger charge is 2.16. The van der Waals surface area contributed by atoms with Crippen molar-refractivity contribution in [1.82, 2.24) is 19.5 Å². The van der Waals surface area contributed by atoms with Crippen LogP contribution in [0.3, 0.4) is 0 Å². The topological polar surface area (TPSA) is 43.6 Å². The second-order valence-electron chi connectivity index (χ2n) is 6.22. The highest BCUT2D eigenvalue weighted by molar-refractivity contribution is 7.25. The highest BCUT2D eigenvalue weighted by Crippen LogP contribution is 2.39. The Morgan fingerprint density at radius 2 is 1.50 bits per heavy atom. The third kappa shape index (κ3) is 1.80. The summed E-state index contributed by atoms with van der Waals surface area (Å²) in [6.07, 6.45) is 5.39. The van der Waals surface area contributed by atoms with Crippen molar-refractivity contribution in [3.05, 3.63) is 73.2 Å². The Bertz CT molecular complexity index is 1430. The number of thiophene rings is 1. The summed E-state index contributed by atoms with van der Waals surface area (Å²) in [6.45, 7) is 0. The van der Waals surface area contributed by atoms with Crippen LogP contribution in [-0.4, -0.2) is 19.5 Å². The van der Waals surface area contributed by atoms with Gasteiger partial charge in [0.15, 0.2) is 0 Å². The van der Waals surface area contributed by atoms with Gasteiger partial charge in [-0.15, -0.1) is 11.3 Å². The molecule has 0 atom stereocenters. The van der Waals surface area contributed by atoms with Gasteiger partial charge in [-0.25, -0.2) is 9.97 Å². The summed E-state index contributed by atoms with van der Waals surface area (Å²) < 4.78 is 4.66. The van der Waals surface area contributed by atoms with Crippen LogP contribution in [-0.2, 0) is 0 Å². The van der Waals surface area contributed by atoms with E-state index in [0.717, 1.165) is 21.9 Å². The van der Waals surface area contributed by atoms with Crippen LogP contribution in [0.25, 0.3) is 48.1 Å². The monoisotopic (exact) mass is 352 g/mol. The number of hydrogen-bond donors (Lipinski definition) is 0. The average molecular weight is 352 g/mol. The summed E-state index contributed by atoms with van der Waals surface area (Å²) in [5, 5.41) is 3.70. The Labute approximate surface area is 152 Å². The first kappa shape index (κ1) is 13.9. The van der Waals surface area contributed by atoms with Gasteiger partial charge >= 0.3 is 0 Å². The molecule has 0 N–H and O–H groups in total. The minimum atomic E-state index is 0.668. The fourth-order valence-corrected chi connectivity index (χ4v) is 4.79. The molecule has 122 valence electrons. The van der Waals surface area contributed by atoms with E-state index in [9.17, 15) is 0 Å². The molecule has 2 aromatic carbocycles. The number of aromatic nitrogens is 4. The van der Waals surface area contributed by atoms with Crippen molar-refractivity contribution in [2.45, 2.75) is 0 Å². The van der Waals surface area contributed by atoms with E-state index in [1.54, 1.807) is 12.4 Å². The Morgan fingerprint density at radius 1 is 0.654 bits per heavy atom. The quantitative estimate of drug-likeness (QED) is 0.401. The molecule has 4 aromatic heterocycles. The van der Waals surface area contributed by atoms with Crippen molar-refractivity contribution in [3.8, 4) is 5.95 Å². The first-order valence-corrected chi connectivity index (χ1v) is 9.20. The van der Waals surface area contributed by atoms with Crippen LogP contribution in [0.4, 0.5) is 0 Å². The van der Waals surface area contributed by atoms with Crippen LogP contribution in [0.1, 0.15) is 0 Å². The first-order chi connectivity index (χ1) is 12.9. The van der Waals surface area contributed by atoms with Crippen molar-refractivity contribution in [3.63, 3.8) is 0 Å². The number of nitrogens with zero attached hydrogens (tertiary/aromatic N) is 4. The molecule has 0 spiro atoms. The SMILES string of the molecule is c1cnc(-n2c3cc4sc5ccccc5c4cc3c3ncccc32)nc1. The number of fused-ring (bicyclic) bond motifs is 6. The lowest BCUT2D eigenvalue weighted by Crippen LogP contribution is -1.99. The number of rotatable bonds is 1. The molecule has 26 heavy (non-hydrogen) atoms. The molecule has 0 radical (unpaired) electrons. The van der Waals surface area contributed by atoms with Gasteiger partial charge in [-0.05, 0) is 36.4 Å². The molecular weight excluding hydrogens is 340 g/mol. The van der Waals surface area contributed by atoms with Gasteiger partial charge in [0.25, 0.3) is 0 Å². The van der Waals surface area contributed by atoms with Crippen LogP contribution in [0, 0.1) is 0 Å². The number of benzene rings is 2. The minimum Gasteiger partial charge on any atom is -0.276 e. The lowest BCUT2D eigenvalue weighted by Gasteiger charge is -2.04. The van der Waals surface area contributed by atoms with Crippen molar-refractivity contribution >= 4 is 53.4 Å². The van der Waals surface area contributed by atoms with E-state index < -0.39 is 0 Å². The van der Waals surface area contributed by atoms with Crippen LogP contribution in [0.5, 0.6) is 0 Å². The van der Waals surface area contributed by atoms with Gasteiger partial charge < -0.3 is 0 Å². The maximum Gasteiger partial charge on any atom is 0.234 e. The van der Waals surface area contributed by atoms with E-state index in [1.807, 2.05) is 29.7 Å². The summed E-state index contributed by atoms with van der Waals surface area (Å²) in [5.74, 6) is 0.668. The number of hydrogen-bond acceptors (Lipinski definition) is 4. The summed E-state index contributed by atoms with van der Waals surface area (Å²) in [6, 6.07) is 18.9. The maximum absolute atomic E-state index is 4.65. The van der Waals surface area contributed by atoms with Crippen LogP contribution in [0.15, 0.2) is 73.2 Å². The smallest absolute Gasteiger partial charge is 0.234 e. The molecule has 6 rings (SSSR count). The second-order valence-corrected chi connectivity index (χ2v) is 7.30. The van der Waals surface area contributed by atoms with Crippen LogP contribution >= 0.6 is 11.3 Å². The van der Waals surface area contributed by atoms with Crippen molar-refractivity contribution in [2.24, 2.45) is 0 Å². The zero-order valence-electron chi connectivity index (χ0n) is 13.6. The van der Waals surface area contributed by atoms with Crippen molar-refractivity contribution in [2.75, 3.05) is 0 Å². The lowest BCUT2D eigenvalue weighted by molar-refractivity contribution is 0.988. The molecule has 0 saturated carbocycles. The molecule has 6 aromatic rings. The lowest BCUT2D eigenvalue weighted by atomic mass is 10.1.